The van der Waals surface area contributed by atoms with E-state index in [-0.39, 0.29) is 5.56 Å². The monoisotopic (exact) mass is 198 g/mol. The molecule has 1 fully saturated rings. The van der Waals surface area contributed by atoms with Crippen LogP contribution in [-0.2, 0) is 0 Å². The van der Waals surface area contributed by atoms with Crippen molar-refractivity contribution in [3.8, 4) is 0 Å². The first-order valence-electron chi connectivity index (χ1n) is 4.10. The number of aromatic nitrogens is 3. The van der Waals surface area contributed by atoms with Gasteiger partial charge in [0.15, 0.2) is 0 Å². The highest BCUT2D eigenvalue weighted by molar-refractivity contribution is 7.99. The maximum Gasteiger partial charge on any atom is 0.291 e. The van der Waals surface area contributed by atoms with E-state index in [9.17, 15) is 4.79 Å². The second kappa shape index (κ2) is 3.37. The molecule has 1 heterocycles. The fourth-order valence-electron chi connectivity index (χ4n) is 0.908. The summed E-state index contributed by atoms with van der Waals surface area (Å²) in [6.45, 7) is 0. The first kappa shape index (κ1) is 8.55. The molecule has 0 spiro atoms. The van der Waals surface area contributed by atoms with E-state index in [1.54, 1.807) is 0 Å². The zero-order valence-corrected chi connectivity index (χ0v) is 7.83. The van der Waals surface area contributed by atoms with Crippen LogP contribution in [0, 0.1) is 5.92 Å². The predicted molar refractivity (Wildman–Crippen MR) is 49.9 cm³/mol. The van der Waals surface area contributed by atoms with E-state index >= 15 is 0 Å². The molecule has 6 heteroatoms. The summed E-state index contributed by atoms with van der Waals surface area (Å²) in [5, 5.41) is 7.85. The molecule has 1 aromatic rings. The molecule has 1 aromatic heterocycles. The van der Waals surface area contributed by atoms with Crippen molar-refractivity contribution in [2.75, 3.05) is 11.6 Å². The Labute approximate surface area is 79.3 Å². The van der Waals surface area contributed by atoms with Crippen LogP contribution in [0.2, 0.25) is 0 Å². The molecule has 0 bridgehead atoms. The zero-order valence-electron chi connectivity index (χ0n) is 7.01. The van der Waals surface area contributed by atoms with Crippen LogP contribution >= 0.6 is 11.8 Å². The van der Waals surface area contributed by atoms with Crippen LogP contribution in [0.25, 0.3) is 0 Å². The van der Waals surface area contributed by atoms with E-state index in [0.29, 0.717) is 5.16 Å². The van der Waals surface area contributed by atoms with Crippen LogP contribution in [0.4, 0.5) is 0 Å². The summed E-state index contributed by atoms with van der Waals surface area (Å²) < 4.78 is 1.04. The average Bonchev–Trinajstić information content (AvgIpc) is 2.91. The molecule has 2 N–H and O–H groups in total. The quantitative estimate of drug-likeness (QED) is 0.540. The third-order valence-corrected chi connectivity index (χ3v) is 3.07. The molecule has 0 aliphatic heterocycles. The smallest absolute Gasteiger partial charge is 0.291 e. The maximum atomic E-state index is 11.0. The van der Waals surface area contributed by atoms with Gasteiger partial charge in [-0.2, -0.15) is 9.77 Å². The van der Waals surface area contributed by atoms with Gasteiger partial charge in [0.25, 0.3) is 5.56 Å². The van der Waals surface area contributed by atoms with Gasteiger partial charge in [0.2, 0.25) is 5.16 Å². The van der Waals surface area contributed by atoms with Crippen LogP contribution in [0.1, 0.15) is 12.8 Å². The molecule has 0 amide bonds. The largest absolute Gasteiger partial charge is 0.334 e. The summed E-state index contributed by atoms with van der Waals surface area (Å²) in [7, 11) is 0. The van der Waals surface area contributed by atoms with E-state index < -0.39 is 0 Å². The summed E-state index contributed by atoms with van der Waals surface area (Å²) >= 11 is 1.50. The highest BCUT2D eigenvalue weighted by Crippen LogP contribution is 2.33. The van der Waals surface area contributed by atoms with E-state index in [1.165, 1.54) is 24.6 Å². The van der Waals surface area contributed by atoms with Crippen LogP contribution in [0.15, 0.2) is 16.1 Å². The number of hydrogen-bond donors (Lipinski definition) is 1. The van der Waals surface area contributed by atoms with Gasteiger partial charge in [-0.3, -0.25) is 4.79 Å². The Morgan fingerprint density at radius 2 is 2.46 bits per heavy atom. The zero-order chi connectivity index (χ0) is 9.26. The number of thioether (sulfide) groups is 1. The minimum absolute atomic E-state index is 0.312. The number of nitrogens with zero attached hydrogens (tertiary/aromatic N) is 3. The first-order chi connectivity index (χ1) is 6.27. The Kier molecular flexibility index (Phi) is 2.22. The van der Waals surface area contributed by atoms with Crippen LogP contribution in [0.3, 0.4) is 0 Å². The van der Waals surface area contributed by atoms with Gasteiger partial charge in [0.05, 0.1) is 0 Å². The summed E-state index contributed by atoms with van der Waals surface area (Å²) in [6, 6.07) is 0. The Morgan fingerprint density at radius 1 is 1.69 bits per heavy atom. The number of nitrogens with two attached hydrogens (primary N) is 1. The van der Waals surface area contributed by atoms with Crippen molar-refractivity contribution >= 4 is 11.8 Å². The molecule has 0 unspecified atom stereocenters. The van der Waals surface area contributed by atoms with Gasteiger partial charge in [-0.25, -0.2) is 0 Å². The van der Waals surface area contributed by atoms with Crippen LogP contribution < -0.4 is 11.4 Å². The van der Waals surface area contributed by atoms with Crippen LogP contribution in [-0.4, -0.2) is 20.6 Å². The highest BCUT2D eigenvalue weighted by atomic mass is 32.2. The molecule has 1 saturated carbocycles. The Hall–Kier alpha value is -1.04. The molecule has 0 atom stereocenters. The second-order valence-corrected chi connectivity index (χ2v) is 4.08. The minimum Gasteiger partial charge on any atom is -0.334 e. The third kappa shape index (κ3) is 2.00. The van der Waals surface area contributed by atoms with Crippen molar-refractivity contribution in [3.05, 3.63) is 16.6 Å². The van der Waals surface area contributed by atoms with Gasteiger partial charge in [0, 0.05) is 5.75 Å². The Balaban J connectivity index is 2.09. The fraction of sp³-hybridized carbons (Fsp3) is 0.571. The second-order valence-electron chi connectivity index (χ2n) is 3.09. The van der Waals surface area contributed by atoms with Crippen molar-refractivity contribution in [2.45, 2.75) is 18.0 Å². The molecule has 0 aromatic carbocycles. The summed E-state index contributed by atoms with van der Waals surface area (Å²) in [4.78, 5) is 11.0. The third-order valence-electron chi connectivity index (χ3n) is 1.90. The molecule has 2 rings (SSSR count). The van der Waals surface area contributed by atoms with Gasteiger partial charge in [-0.15, -0.1) is 5.10 Å². The molecular weight excluding hydrogens is 188 g/mol. The topological polar surface area (TPSA) is 73.8 Å². The Morgan fingerprint density at radius 3 is 3.15 bits per heavy atom. The Bertz CT molecular complexity index is 360. The molecule has 13 heavy (non-hydrogen) atoms. The van der Waals surface area contributed by atoms with E-state index in [2.05, 4.69) is 10.2 Å². The lowest BCUT2D eigenvalue weighted by atomic mass is 10.5. The first-order valence-corrected chi connectivity index (χ1v) is 5.08. The van der Waals surface area contributed by atoms with Crippen molar-refractivity contribution in [2.24, 2.45) is 5.92 Å². The SMILES string of the molecule is Nn1c(SCC2CC2)nncc1=O. The lowest BCUT2D eigenvalue weighted by molar-refractivity contribution is 0.697. The molecule has 70 valence electrons. The van der Waals surface area contributed by atoms with Crippen LogP contribution in [0.5, 0.6) is 0 Å². The fourth-order valence-corrected chi connectivity index (χ4v) is 1.96. The van der Waals surface area contributed by atoms with E-state index in [4.69, 9.17) is 5.84 Å². The lowest BCUT2D eigenvalue weighted by Crippen LogP contribution is -2.29. The lowest BCUT2D eigenvalue weighted by Gasteiger charge is -2.02. The van der Waals surface area contributed by atoms with Crippen molar-refractivity contribution in [1.82, 2.24) is 14.9 Å². The standard InChI is InChI=1S/C7H10N4OS/c8-11-6(12)3-9-10-7(11)13-4-5-1-2-5/h3,5H,1-2,4,8H2. The van der Waals surface area contributed by atoms with E-state index in [0.717, 1.165) is 22.5 Å². The molecule has 1 aliphatic rings. The number of rotatable bonds is 3. The van der Waals surface area contributed by atoms with Crippen molar-refractivity contribution in [1.29, 1.82) is 0 Å². The van der Waals surface area contributed by atoms with E-state index in [1.807, 2.05) is 0 Å². The van der Waals surface area contributed by atoms with Gasteiger partial charge < -0.3 is 5.84 Å². The molecule has 0 saturated heterocycles. The molecule has 1 aliphatic carbocycles. The molecule has 0 radical (unpaired) electrons. The van der Waals surface area contributed by atoms with Gasteiger partial charge in [-0.1, -0.05) is 11.8 Å². The normalized spacial score (nSPS) is 16.0. The minimum atomic E-state index is -0.312. The summed E-state index contributed by atoms with van der Waals surface area (Å²) in [5.41, 5.74) is -0.312. The highest BCUT2D eigenvalue weighted by Gasteiger charge is 2.22. The maximum absolute atomic E-state index is 11.0. The van der Waals surface area contributed by atoms with Gasteiger partial charge >= 0.3 is 0 Å². The molecule has 5 nitrogen and oxygen atoms in total. The summed E-state index contributed by atoms with van der Waals surface area (Å²) in [5.74, 6) is 7.23. The molecular formula is C7H10N4OS. The predicted octanol–water partition coefficient (Wildman–Crippen LogP) is -0.146. The average molecular weight is 198 g/mol. The number of hydrogen-bond acceptors (Lipinski definition) is 5. The van der Waals surface area contributed by atoms with Crippen molar-refractivity contribution in [3.63, 3.8) is 0 Å². The summed E-state index contributed by atoms with van der Waals surface area (Å²) in [6.07, 6.45) is 3.67. The van der Waals surface area contributed by atoms with Crippen molar-refractivity contribution < 1.29 is 0 Å². The van der Waals surface area contributed by atoms with Gasteiger partial charge in [-0.05, 0) is 18.8 Å². The van der Waals surface area contributed by atoms with Gasteiger partial charge in [0.1, 0.15) is 6.20 Å². The number of nitrogen functional groups attached to an aromatic ring is 1.